The Balaban J connectivity index is 2.64. The average molecular weight is 194 g/mol. The zero-order valence-electron chi connectivity index (χ0n) is 9.59. The zero-order valence-corrected chi connectivity index (χ0v) is 9.59. The molecule has 0 aromatic carbocycles. The molecular weight excluding hydrogens is 172 g/mol. The number of terminal acetylenes is 1. The fraction of sp³-hybridized carbons (Fsp3) is 0.846. The van der Waals surface area contributed by atoms with Gasteiger partial charge in [0, 0.05) is 6.42 Å². The van der Waals surface area contributed by atoms with Crippen molar-refractivity contribution in [1.82, 2.24) is 0 Å². The van der Waals surface area contributed by atoms with Gasteiger partial charge < -0.3 is 5.11 Å². The molecule has 0 aliphatic heterocycles. The molecule has 0 bridgehead atoms. The summed E-state index contributed by atoms with van der Waals surface area (Å²) in [5, 5.41) is 10.0. The first kappa shape index (κ1) is 11.6. The van der Waals surface area contributed by atoms with Crippen molar-refractivity contribution < 1.29 is 5.11 Å². The maximum absolute atomic E-state index is 10.0. The maximum atomic E-state index is 10.0. The van der Waals surface area contributed by atoms with Crippen LogP contribution in [0.3, 0.4) is 0 Å². The van der Waals surface area contributed by atoms with E-state index in [9.17, 15) is 5.11 Å². The second kappa shape index (κ2) is 4.36. The smallest absolute Gasteiger partial charge is 0.0576 e. The lowest BCUT2D eigenvalue weighted by Gasteiger charge is -2.41. The molecule has 3 unspecified atom stereocenters. The van der Waals surface area contributed by atoms with Gasteiger partial charge in [0.15, 0.2) is 0 Å². The molecule has 0 aromatic rings. The summed E-state index contributed by atoms with van der Waals surface area (Å²) < 4.78 is 0. The van der Waals surface area contributed by atoms with Gasteiger partial charge in [0.05, 0.1) is 6.10 Å². The summed E-state index contributed by atoms with van der Waals surface area (Å²) in [6.45, 7) is 6.57. The van der Waals surface area contributed by atoms with Crippen molar-refractivity contribution in [3.05, 3.63) is 0 Å². The Labute approximate surface area is 87.9 Å². The van der Waals surface area contributed by atoms with Gasteiger partial charge in [-0.15, -0.1) is 12.3 Å². The van der Waals surface area contributed by atoms with Gasteiger partial charge in [-0.25, -0.2) is 0 Å². The molecule has 80 valence electrons. The van der Waals surface area contributed by atoms with Crippen LogP contribution in [0.15, 0.2) is 0 Å². The van der Waals surface area contributed by atoms with E-state index in [2.05, 4.69) is 26.7 Å². The Morgan fingerprint density at radius 2 is 2.07 bits per heavy atom. The van der Waals surface area contributed by atoms with Crippen LogP contribution in [-0.4, -0.2) is 11.2 Å². The Bertz CT molecular complexity index is 224. The molecule has 0 heterocycles. The van der Waals surface area contributed by atoms with Crippen molar-refractivity contribution in [2.24, 2.45) is 17.3 Å². The van der Waals surface area contributed by atoms with Gasteiger partial charge in [-0.3, -0.25) is 0 Å². The van der Waals surface area contributed by atoms with Crippen molar-refractivity contribution in [2.75, 3.05) is 0 Å². The van der Waals surface area contributed by atoms with E-state index < -0.39 is 0 Å². The third kappa shape index (κ3) is 2.51. The van der Waals surface area contributed by atoms with E-state index in [1.165, 1.54) is 6.42 Å². The van der Waals surface area contributed by atoms with Crippen LogP contribution in [0, 0.1) is 29.6 Å². The number of rotatable bonds is 2. The molecule has 1 heteroatoms. The highest BCUT2D eigenvalue weighted by atomic mass is 16.3. The van der Waals surface area contributed by atoms with E-state index in [1.54, 1.807) is 0 Å². The molecule has 1 fully saturated rings. The molecule has 1 nitrogen and oxygen atoms in total. The highest BCUT2D eigenvalue weighted by molar-refractivity contribution is 4.96. The van der Waals surface area contributed by atoms with Gasteiger partial charge in [0.1, 0.15) is 0 Å². The third-order valence-corrected chi connectivity index (χ3v) is 3.64. The van der Waals surface area contributed by atoms with Crippen LogP contribution in [0.1, 0.15) is 46.5 Å². The molecule has 1 saturated carbocycles. The number of hydrogen-bond acceptors (Lipinski definition) is 1. The molecule has 0 saturated heterocycles. The topological polar surface area (TPSA) is 20.2 Å². The molecule has 0 amide bonds. The average Bonchev–Trinajstić information content (AvgIpc) is 2.02. The highest BCUT2D eigenvalue weighted by Gasteiger charge is 2.37. The van der Waals surface area contributed by atoms with Gasteiger partial charge in [0.25, 0.3) is 0 Å². The predicted octanol–water partition coefficient (Wildman–Crippen LogP) is 2.83. The summed E-state index contributed by atoms with van der Waals surface area (Å²) in [5.41, 5.74) is 0.0916. The SMILES string of the molecule is C#CCC(C)(C)C1CCC(C)CC1O. The summed E-state index contributed by atoms with van der Waals surface area (Å²) in [6, 6.07) is 0. The van der Waals surface area contributed by atoms with Gasteiger partial charge in [-0.1, -0.05) is 27.2 Å². The molecule has 1 rings (SSSR count). The summed E-state index contributed by atoms with van der Waals surface area (Å²) in [4.78, 5) is 0. The monoisotopic (exact) mass is 194 g/mol. The molecular formula is C13H22O. The molecule has 1 aliphatic rings. The molecule has 14 heavy (non-hydrogen) atoms. The van der Waals surface area contributed by atoms with Crippen molar-refractivity contribution in [1.29, 1.82) is 0 Å². The lowest BCUT2D eigenvalue weighted by Crippen LogP contribution is -2.38. The summed E-state index contributed by atoms with van der Waals surface area (Å²) in [7, 11) is 0. The minimum absolute atomic E-state index is 0.0916. The van der Waals surface area contributed by atoms with Crippen LogP contribution in [0.5, 0.6) is 0 Å². The van der Waals surface area contributed by atoms with Crippen LogP contribution in [0.4, 0.5) is 0 Å². The Kier molecular flexibility index (Phi) is 3.61. The van der Waals surface area contributed by atoms with E-state index in [4.69, 9.17) is 6.42 Å². The predicted molar refractivity (Wildman–Crippen MR) is 59.7 cm³/mol. The van der Waals surface area contributed by atoms with Crippen molar-refractivity contribution in [2.45, 2.75) is 52.6 Å². The molecule has 0 aromatic heterocycles. The molecule has 0 radical (unpaired) electrons. The summed E-state index contributed by atoms with van der Waals surface area (Å²) in [5.74, 6) is 3.78. The van der Waals surface area contributed by atoms with Crippen molar-refractivity contribution >= 4 is 0 Å². The Hall–Kier alpha value is -0.480. The van der Waals surface area contributed by atoms with E-state index >= 15 is 0 Å². The Morgan fingerprint density at radius 1 is 1.43 bits per heavy atom. The fourth-order valence-electron chi connectivity index (χ4n) is 2.66. The number of aliphatic hydroxyl groups is 1. The van der Waals surface area contributed by atoms with Crippen LogP contribution >= 0.6 is 0 Å². The number of aliphatic hydroxyl groups excluding tert-OH is 1. The van der Waals surface area contributed by atoms with Crippen molar-refractivity contribution in [3.63, 3.8) is 0 Å². The van der Waals surface area contributed by atoms with E-state index in [-0.39, 0.29) is 11.5 Å². The van der Waals surface area contributed by atoms with E-state index in [1.807, 2.05) is 0 Å². The van der Waals surface area contributed by atoms with Gasteiger partial charge >= 0.3 is 0 Å². The third-order valence-electron chi connectivity index (χ3n) is 3.64. The fourth-order valence-corrected chi connectivity index (χ4v) is 2.66. The van der Waals surface area contributed by atoms with Crippen molar-refractivity contribution in [3.8, 4) is 12.3 Å². The van der Waals surface area contributed by atoms with Crippen LogP contribution in [0.2, 0.25) is 0 Å². The number of hydrogen-bond donors (Lipinski definition) is 1. The first-order chi connectivity index (χ1) is 6.47. The molecule has 3 atom stereocenters. The summed E-state index contributed by atoms with van der Waals surface area (Å²) >= 11 is 0. The normalized spacial score (nSPS) is 33.8. The van der Waals surface area contributed by atoms with Crippen LogP contribution in [0.25, 0.3) is 0 Å². The maximum Gasteiger partial charge on any atom is 0.0576 e. The van der Waals surface area contributed by atoms with Crippen LogP contribution < -0.4 is 0 Å². The van der Waals surface area contributed by atoms with Gasteiger partial charge in [-0.2, -0.15) is 0 Å². The molecule has 1 N–H and O–H groups in total. The lowest BCUT2D eigenvalue weighted by atomic mass is 9.66. The molecule has 0 spiro atoms. The second-order valence-electron chi connectivity index (χ2n) is 5.46. The van der Waals surface area contributed by atoms with E-state index in [0.717, 1.165) is 19.3 Å². The highest BCUT2D eigenvalue weighted by Crippen LogP contribution is 2.41. The Morgan fingerprint density at radius 3 is 2.57 bits per heavy atom. The first-order valence-electron chi connectivity index (χ1n) is 5.59. The molecule has 1 aliphatic carbocycles. The van der Waals surface area contributed by atoms with E-state index in [0.29, 0.717) is 11.8 Å². The minimum Gasteiger partial charge on any atom is -0.393 e. The van der Waals surface area contributed by atoms with Gasteiger partial charge in [-0.05, 0) is 30.1 Å². The lowest BCUT2D eigenvalue weighted by molar-refractivity contribution is -0.0107. The standard InChI is InChI=1S/C13H22O/c1-5-8-13(3,4)11-7-6-10(2)9-12(11)14/h1,10-12,14H,6-9H2,2-4H3. The zero-order chi connectivity index (χ0) is 10.8. The largest absolute Gasteiger partial charge is 0.393 e. The second-order valence-corrected chi connectivity index (χ2v) is 5.46. The summed E-state index contributed by atoms with van der Waals surface area (Å²) in [6.07, 6.45) is 9.28. The minimum atomic E-state index is -0.151. The quantitative estimate of drug-likeness (QED) is 0.670. The van der Waals surface area contributed by atoms with Gasteiger partial charge in [0.2, 0.25) is 0 Å². The first-order valence-corrected chi connectivity index (χ1v) is 5.59. The van der Waals surface area contributed by atoms with Crippen LogP contribution in [-0.2, 0) is 0 Å².